The highest BCUT2D eigenvalue weighted by molar-refractivity contribution is 5.88. The minimum absolute atomic E-state index is 0.0690. The number of amides is 2. The molecule has 2 amide bonds. The van der Waals surface area contributed by atoms with E-state index in [4.69, 9.17) is 0 Å². The molecular formula is C28H34N6O2. The summed E-state index contributed by atoms with van der Waals surface area (Å²) in [6.07, 6.45) is 3.91. The molecule has 0 atom stereocenters. The van der Waals surface area contributed by atoms with Crippen LogP contribution in [-0.4, -0.2) is 48.0 Å². The summed E-state index contributed by atoms with van der Waals surface area (Å²) in [5.41, 5.74) is 1.58. The molecule has 0 radical (unpaired) electrons. The summed E-state index contributed by atoms with van der Waals surface area (Å²) in [4.78, 5) is 33.7. The fourth-order valence-electron chi connectivity index (χ4n) is 4.69. The van der Waals surface area contributed by atoms with Crippen LogP contribution in [0.3, 0.4) is 0 Å². The van der Waals surface area contributed by atoms with Gasteiger partial charge in [0.15, 0.2) is 5.82 Å². The van der Waals surface area contributed by atoms with Crippen LogP contribution in [0.4, 0.5) is 11.6 Å². The fraction of sp³-hybridized carbons (Fsp3) is 0.357. The molecule has 0 unspecified atom stereocenters. The third kappa shape index (κ3) is 6.38. The van der Waals surface area contributed by atoms with Crippen LogP contribution in [0.15, 0.2) is 66.7 Å². The lowest BCUT2D eigenvalue weighted by atomic mass is 9.78. The summed E-state index contributed by atoms with van der Waals surface area (Å²) in [6, 6.07) is 21.7. The number of rotatable bonds is 11. The summed E-state index contributed by atoms with van der Waals surface area (Å²) in [6.45, 7) is 3.56. The summed E-state index contributed by atoms with van der Waals surface area (Å²) < 4.78 is 0. The third-order valence-corrected chi connectivity index (χ3v) is 6.50. The van der Waals surface area contributed by atoms with E-state index >= 15 is 0 Å². The molecule has 8 heteroatoms. The topological polar surface area (TPSA) is 108 Å². The molecule has 8 nitrogen and oxygen atoms in total. The molecule has 2 aromatic carbocycles. The number of carbonyl (C=O) groups is 2. The molecule has 1 fully saturated rings. The number of aromatic nitrogens is 2. The van der Waals surface area contributed by atoms with E-state index in [1.807, 2.05) is 54.6 Å². The first kappa shape index (κ1) is 25.2. The normalized spacial score (nSPS) is 14.1. The average molecular weight is 487 g/mol. The van der Waals surface area contributed by atoms with Crippen molar-refractivity contribution in [3.05, 3.63) is 72.3 Å². The predicted molar refractivity (Wildman–Crippen MR) is 143 cm³/mol. The quantitative estimate of drug-likeness (QED) is 0.308. The van der Waals surface area contributed by atoms with Crippen molar-refractivity contribution in [1.29, 1.82) is 0 Å². The maximum atomic E-state index is 13.3. The van der Waals surface area contributed by atoms with E-state index in [-0.39, 0.29) is 11.8 Å². The van der Waals surface area contributed by atoms with E-state index in [0.29, 0.717) is 43.6 Å². The fourth-order valence-corrected chi connectivity index (χ4v) is 4.69. The Bertz CT molecular complexity index is 1150. The zero-order valence-corrected chi connectivity index (χ0v) is 20.7. The summed E-state index contributed by atoms with van der Waals surface area (Å²) >= 11 is 0. The minimum atomic E-state index is -0.429. The van der Waals surface area contributed by atoms with Gasteiger partial charge in [-0.2, -0.15) is 0 Å². The van der Waals surface area contributed by atoms with Crippen LogP contribution < -0.4 is 21.3 Å². The number of carbonyl (C=O) groups excluding carboxylic acids is 2. The van der Waals surface area contributed by atoms with Crippen LogP contribution in [0, 0.1) is 0 Å². The Morgan fingerprint density at radius 2 is 1.33 bits per heavy atom. The van der Waals surface area contributed by atoms with E-state index in [2.05, 4.69) is 43.4 Å². The molecule has 1 aliphatic carbocycles. The number of anilines is 2. The Morgan fingerprint density at radius 1 is 0.778 bits per heavy atom. The van der Waals surface area contributed by atoms with Crippen molar-refractivity contribution in [2.45, 2.75) is 38.0 Å². The first-order valence-electron chi connectivity index (χ1n) is 12.6. The Kier molecular flexibility index (Phi) is 8.49. The van der Waals surface area contributed by atoms with E-state index in [1.54, 1.807) is 0 Å². The average Bonchev–Trinajstić information content (AvgIpc) is 3.41. The molecule has 1 heterocycles. The van der Waals surface area contributed by atoms with Crippen LogP contribution in [0.2, 0.25) is 0 Å². The SMILES string of the molecule is CC(=O)NCCNc1cc(NCCNC(=O)C2(c3ccccc3)CCCC2)nc(-c2ccccc2)n1. The molecular weight excluding hydrogens is 452 g/mol. The van der Waals surface area contributed by atoms with Gasteiger partial charge in [0.2, 0.25) is 11.8 Å². The van der Waals surface area contributed by atoms with Gasteiger partial charge in [-0.25, -0.2) is 9.97 Å². The Labute approximate surface area is 212 Å². The molecule has 0 spiro atoms. The second kappa shape index (κ2) is 12.2. The van der Waals surface area contributed by atoms with Gasteiger partial charge in [-0.1, -0.05) is 73.5 Å². The first-order chi connectivity index (χ1) is 17.6. The van der Waals surface area contributed by atoms with Crippen molar-refractivity contribution in [2.24, 2.45) is 0 Å². The molecule has 0 aliphatic heterocycles. The largest absolute Gasteiger partial charge is 0.368 e. The molecule has 4 N–H and O–H groups in total. The van der Waals surface area contributed by atoms with Crippen molar-refractivity contribution < 1.29 is 9.59 Å². The van der Waals surface area contributed by atoms with Gasteiger partial charge in [-0.05, 0) is 18.4 Å². The molecule has 36 heavy (non-hydrogen) atoms. The van der Waals surface area contributed by atoms with Crippen LogP contribution in [0.5, 0.6) is 0 Å². The Balaban J connectivity index is 1.39. The van der Waals surface area contributed by atoms with Gasteiger partial charge in [0.25, 0.3) is 0 Å². The highest BCUT2D eigenvalue weighted by Crippen LogP contribution is 2.41. The van der Waals surface area contributed by atoms with Gasteiger partial charge in [0, 0.05) is 44.7 Å². The van der Waals surface area contributed by atoms with Crippen LogP contribution in [-0.2, 0) is 15.0 Å². The molecule has 0 saturated heterocycles. The molecule has 1 aliphatic rings. The Morgan fingerprint density at radius 3 is 1.92 bits per heavy atom. The predicted octanol–water partition coefficient (Wildman–Crippen LogP) is 3.73. The smallest absolute Gasteiger partial charge is 0.230 e. The molecule has 188 valence electrons. The van der Waals surface area contributed by atoms with Crippen molar-refractivity contribution in [2.75, 3.05) is 36.8 Å². The lowest BCUT2D eigenvalue weighted by molar-refractivity contribution is -0.126. The monoisotopic (exact) mass is 486 g/mol. The van der Waals surface area contributed by atoms with Crippen molar-refractivity contribution >= 4 is 23.5 Å². The van der Waals surface area contributed by atoms with E-state index in [1.165, 1.54) is 6.92 Å². The number of nitrogens with one attached hydrogen (secondary N) is 4. The summed E-state index contributed by atoms with van der Waals surface area (Å²) in [5, 5.41) is 12.5. The second-order valence-corrected chi connectivity index (χ2v) is 9.08. The molecule has 3 aromatic rings. The maximum Gasteiger partial charge on any atom is 0.230 e. The van der Waals surface area contributed by atoms with Gasteiger partial charge in [0.05, 0.1) is 5.41 Å². The molecule has 1 saturated carbocycles. The molecule has 4 rings (SSSR count). The first-order valence-corrected chi connectivity index (χ1v) is 12.6. The van der Waals surface area contributed by atoms with Crippen LogP contribution >= 0.6 is 0 Å². The highest BCUT2D eigenvalue weighted by atomic mass is 16.2. The van der Waals surface area contributed by atoms with E-state index in [0.717, 1.165) is 36.8 Å². The van der Waals surface area contributed by atoms with Gasteiger partial charge in [-0.3, -0.25) is 9.59 Å². The van der Waals surface area contributed by atoms with Gasteiger partial charge in [-0.15, -0.1) is 0 Å². The summed E-state index contributed by atoms with van der Waals surface area (Å²) in [7, 11) is 0. The third-order valence-electron chi connectivity index (χ3n) is 6.50. The van der Waals surface area contributed by atoms with E-state index in [9.17, 15) is 9.59 Å². The standard InChI is InChI=1S/C28H34N6O2/c1-21(35)29-16-17-30-24-20-25(34-26(33-24)22-10-4-2-5-11-22)31-18-19-32-27(36)28(14-8-9-15-28)23-12-6-3-7-13-23/h2-7,10-13,20H,8-9,14-19H2,1H3,(H,29,35)(H,32,36)(H2,30,31,33,34). The zero-order chi connectivity index (χ0) is 25.2. The van der Waals surface area contributed by atoms with Crippen molar-refractivity contribution in [1.82, 2.24) is 20.6 Å². The van der Waals surface area contributed by atoms with Gasteiger partial charge < -0.3 is 21.3 Å². The number of nitrogens with zero attached hydrogens (tertiary/aromatic N) is 2. The van der Waals surface area contributed by atoms with Gasteiger partial charge >= 0.3 is 0 Å². The second-order valence-electron chi connectivity index (χ2n) is 9.08. The lowest BCUT2D eigenvalue weighted by Crippen LogP contribution is -2.44. The van der Waals surface area contributed by atoms with E-state index < -0.39 is 5.41 Å². The number of hydrogen-bond acceptors (Lipinski definition) is 6. The zero-order valence-electron chi connectivity index (χ0n) is 20.7. The van der Waals surface area contributed by atoms with Crippen LogP contribution in [0.25, 0.3) is 11.4 Å². The number of benzene rings is 2. The van der Waals surface area contributed by atoms with Crippen molar-refractivity contribution in [3.8, 4) is 11.4 Å². The molecule has 1 aromatic heterocycles. The van der Waals surface area contributed by atoms with Gasteiger partial charge in [0.1, 0.15) is 11.6 Å². The lowest BCUT2D eigenvalue weighted by Gasteiger charge is -2.28. The highest BCUT2D eigenvalue weighted by Gasteiger charge is 2.42. The van der Waals surface area contributed by atoms with Crippen LogP contribution in [0.1, 0.15) is 38.2 Å². The Hall–Kier alpha value is -3.94. The summed E-state index contributed by atoms with van der Waals surface area (Å²) in [5.74, 6) is 1.95. The molecule has 0 bridgehead atoms. The maximum absolute atomic E-state index is 13.3. The minimum Gasteiger partial charge on any atom is -0.368 e. The van der Waals surface area contributed by atoms with Crippen molar-refractivity contribution in [3.63, 3.8) is 0 Å². The number of hydrogen-bond donors (Lipinski definition) is 4.